The molecule has 0 radical (unpaired) electrons. The van der Waals surface area contributed by atoms with E-state index >= 15 is 0 Å². The lowest BCUT2D eigenvalue weighted by atomic mass is 9.95. The van der Waals surface area contributed by atoms with E-state index in [2.05, 4.69) is 0 Å². The van der Waals surface area contributed by atoms with E-state index in [4.69, 9.17) is 0 Å². The summed E-state index contributed by atoms with van der Waals surface area (Å²) in [6, 6.07) is 7.28. The van der Waals surface area contributed by atoms with Gasteiger partial charge >= 0.3 is 5.97 Å². The van der Waals surface area contributed by atoms with Gasteiger partial charge in [-0.2, -0.15) is 0 Å². The molecule has 0 bridgehead atoms. The Morgan fingerprint density at radius 1 is 1.25 bits per heavy atom. The van der Waals surface area contributed by atoms with Gasteiger partial charge in [-0.15, -0.1) is 11.8 Å². The van der Waals surface area contributed by atoms with Crippen LogP contribution in [0.5, 0.6) is 0 Å². The van der Waals surface area contributed by atoms with Gasteiger partial charge < -0.3 is 10.0 Å². The van der Waals surface area contributed by atoms with Crippen LogP contribution in [0.15, 0.2) is 29.2 Å². The summed E-state index contributed by atoms with van der Waals surface area (Å²) in [7, 11) is 0. The summed E-state index contributed by atoms with van der Waals surface area (Å²) in [6.07, 6.45) is 2.36. The Labute approximate surface area is 122 Å². The molecule has 1 aromatic rings. The predicted molar refractivity (Wildman–Crippen MR) is 76.9 cm³/mol. The van der Waals surface area contributed by atoms with E-state index in [1.165, 1.54) is 0 Å². The van der Waals surface area contributed by atoms with Crippen LogP contribution in [-0.2, 0) is 9.59 Å². The molecule has 1 aromatic carbocycles. The highest BCUT2D eigenvalue weighted by Crippen LogP contribution is 2.40. The van der Waals surface area contributed by atoms with Gasteiger partial charge in [0.15, 0.2) is 0 Å². The van der Waals surface area contributed by atoms with Crippen molar-refractivity contribution in [1.82, 2.24) is 4.90 Å². The predicted octanol–water partition coefficient (Wildman–Crippen LogP) is 2.34. The minimum Gasteiger partial charge on any atom is -0.480 e. The van der Waals surface area contributed by atoms with Crippen LogP contribution in [0.1, 0.15) is 30.7 Å². The lowest BCUT2D eigenvalue weighted by Crippen LogP contribution is -2.49. The van der Waals surface area contributed by atoms with Crippen LogP contribution in [0.3, 0.4) is 0 Å². The minimum atomic E-state index is -0.878. The molecule has 2 atom stereocenters. The number of carboxylic acids is 1. The molecule has 1 N–H and O–H groups in total. The van der Waals surface area contributed by atoms with Crippen molar-refractivity contribution in [2.75, 3.05) is 12.3 Å². The molecule has 0 aliphatic carbocycles. The number of carboxylic acid groups (broad SMARTS) is 1. The summed E-state index contributed by atoms with van der Waals surface area (Å²) in [5.74, 6) is -0.358. The third-order valence-electron chi connectivity index (χ3n) is 4.07. The second-order valence-corrected chi connectivity index (χ2v) is 6.34. The molecule has 1 amide bonds. The Balaban J connectivity index is 1.84. The molecule has 5 heteroatoms. The van der Waals surface area contributed by atoms with Crippen LogP contribution in [0.4, 0.5) is 0 Å². The minimum absolute atomic E-state index is 0.0189. The number of carbonyl (C=O) groups excluding carboxylic acids is 1. The second kappa shape index (κ2) is 5.48. The maximum atomic E-state index is 12.7. The van der Waals surface area contributed by atoms with E-state index in [0.717, 1.165) is 29.1 Å². The average molecular weight is 291 g/mol. The Morgan fingerprint density at radius 2 is 2.05 bits per heavy atom. The van der Waals surface area contributed by atoms with Crippen LogP contribution in [-0.4, -0.2) is 40.2 Å². The molecule has 106 valence electrons. The van der Waals surface area contributed by atoms with Gasteiger partial charge in [-0.3, -0.25) is 4.79 Å². The van der Waals surface area contributed by atoms with Crippen molar-refractivity contribution in [3.8, 4) is 0 Å². The van der Waals surface area contributed by atoms with Gasteiger partial charge in [0.1, 0.15) is 6.04 Å². The zero-order valence-electron chi connectivity index (χ0n) is 11.1. The topological polar surface area (TPSA) is 57.6 Å². The maximum absolute atomic E-state index is 12.7. The van der Waals surface area contributed by atoms with Crippen LogP contribution in [0.25, 0.3) is 0 Å². The molecule has 2 aliphatic heterocycles. The van der Waals surface area contributed by atoms with Crippen molar-refractivity contribution in [3.63, 3.8) is 0 Å². The monoisotopic (exact) mass is 291 g/mol. The van der Waals surface area contributed by atoms with Gasteiger partial charge in [0.25, 0.3) is 0 Å². The number of piperidine rings is 1. The van der Waals surface area contributed by atoms with E-state index in [9.17, 15) is 14.7 Å². The van der Waals surface area contributed by atoms with E-state index < -0.39 is 12.0 Å². The number of fused-ring (bicyclic) bond motifs is 1. The summed E-state index contributed by atoms with van der Waals surface area (Å²) in [5, 5.41) is 9.30. The van der Waals surface area contributed by atoms with Crippen LogP contribution in [0, 0.1) is 0 Å². The number of thioether (sulfide) groups is 1. The molecule has 2 aliphatic rings. The van der Waals surface area contributed by atoms with Gasteiger partial charge in [0.05, 0.1) is 5.92 Å². The highest BCUT2D eigenvalue weighted by Gasteiger charge is 2.38. The lowest BCUT2D eigenvalue weighted by molar-refractivity contribution is -0.152. The fourth-order valence-corrected chi connectivity index (χ4v) is 4.24. The Morgan fingerprint density at radius 3 is 2.85 bits per heavy atom. The van der Waals surface area contributed by atoms with Gasteiger partial charge in [0, 0.05) is 17.2 Å². The Bertz CT molecular complexity index is 546. The van der Waals surface area contributed by atoms with Crippen LogP contribution < -0.4 is 0 Å². The molecule has 0 spiro atoms. The quantitative estimate of drug-likeness (QED) is 0.908. The third-order valence-corrected chi connectivity index (χ3v) is 5.25. The smallest absolute Gasteiger partial charge is 0.326 e. The first-order valence-corrected chi connectivity index (χ1v) is 7.92. The molecule has 1 fully saturated rings. The number of nitrogens with zero attached hydrogens (tertiary/aromatic N) is 1. The molecule has 0 saturated carbocycles. The fourth-order valence-electron chi connectivity index (χ4n) is 3.02. The molecule has 0 unspecified atom stereocenters. The Hall–Kier alpha value is -1.49. The van der Waals surface area contributed by atoms with Crippen LogP contribution >= 0.6 is 11.8 Å². The first-order valence-electron chi connectivity index (χ1n) is 6.93. The summed E-state index contributed by atoms with van der Waals surface area (Å²) < 4.78 is 0. The summed E-state index contributed by atoms with van der Waals surface area (Å²) in [4.78, 5) is 26.8. The summed E-state index contributed by atoms with van der Waals surface area (Å²) in [6.45, 7) is 0.569. The summed E-state index contributed by atoms with van der Waals surface area (Å²) >= 11 is 1.68. The maximum Gasteiger partial charge on any atom is 0.326 e. The first kappa shape index (κ1) is 13.5. The second-order valence-electron chi connectivity index (χ2n) is 5.28. The molecule has 2 heterocycles. The normalized spacial score (nSPS) is 25.3. The zero-order chi connectivity index (χ0) is 14.1. The van der Waals surface area contributed by atoms with Gasteiger partial charge in [-0.05, 0) is 30.9 Å². The van der Waals surface area contributed by atoms with Crippen molar-refractivity contribution >= 4 is 23.6 Å². The van der Waals surface area contributed by atoms with E-state index in [1.807, 2.05) is 24.3 Å². The number of carbonyl (C=O) groups is 2. The average Bonchev–Trinajstić information content (AvgIpc) is 2.90. The number of hydrogen-bond donors (Lipinski definition) is 1. The van der Waals surface area contributed by atoms with Crippen molar-refractivity contribution in [1.29, 1.82) is 0 Å². The number of amides is 1. The van der Waals surface area contributed by atoms with E-state index in [-0.39, 0.29) is 11.8 Å². The van der Waals surface area contributed by atoms with Gasteiger partial charge in [0.2, 0.25) is 5.91 Å². The molecule has 1 saturated heterocycles. The molecular formula is C15H17NO3S. The van der Waals surface area contributed by atoms with E-state index in [0.29, 0.717) is 13.0 Å². The number of hydrogen-bond acceptors (Lipinski definition) is 3. The largest absolute Gasteiger partial charge is 0.480 e. The Kier molecular flexibility index (Phi) is 3.70. The van der Waals surface area contributed by atoms with Gasteiger partial charge in [-0.25, -0.2) is 4.79 Å². The highest BCUT2D eigenvalue weighted by atomic mass is 32.2. The number of aliphatic carboxylic acids is 1. The molecule has 4 nitrogen and oxygen atoms in total. The molecular weight excluding hydrogens is 274 g/mol. The fraction of sp³-hybridized carbons (Fsp3) is 0.467. The molecule has 0 aromatic heterocycles. The summed E-state index contributed by atoms with van der Waals surface area (Å²) in [5.41, 5.74) is 1.05. The van der Waals surface area contributed by atoms with E-state index in [1.54, 1.807) is 16.7 Å². The van der Waals surface area contributed by atoms with Crippen molar-refractivity contribution in [2.24, 2.45) is 0 Å². The lowest BCUT2D eigenvalue weighted by Gasteiger charge is -2.34. The standard InChI is InChI=1S/C15H17NO3S/c17-14(16-8-4-3-6-12(16)15(18)19)11-9-20-13-7-2-1-5-10(11)13/h1-2,5,7,11-12H,3-4,6,8-9H2,(H,18,19)/t11-,12+/m1/s1. The van der Waals surface area contributed by atoms with Crippen LogP contribution in [0.2, 0.25) is 0 Å². The molecule has 3 rings (SSSR count). The van der Waals surface area contributed by atoms with Gasteiger partial charge in [-0.1, -0.05) is 18.2 Å². The third kappa shape index (κ3) is 2.30. The number of likely N-dealkylation sites (tertiary alicyclic amines) is 1. The SMILES string of the molecule is O=C(O)[C@@H]1CCCCN1C(=O)[C@@H]1CSc2ccccc21. The van der Waals surface area contributed by atoms with Crippen molar-refractivity contribution in [3.05, 3.63) is 29.8 Å². The van der Waals surface area contributed by atoms with Crippen molar-refractivity contribution < 1.29 is 14.7 Å². The van der Waals surface area contributed by atoms with Crippen molar-refractivity contribution in [2.45, 2.75) is 36.1 Å². The first-order chi connectivity index (χ1) is 9.68. The molecule has 20 heavy (non-hydrogen) atoms. The zero-order valence-corrected chi connectivity index (χ0v) is 11.9. The number of rotatable bonds is 2. The number of benzene rings is 1. The highest BCUT2D eigenvalue weighted by molar-refractivity contribution is 7.99.